The molecule has 0 aromatic heterocycles. The second kappa shape index (κ2) is 11.5. The fourth-order valence-corrected chi connectivity index (χ4v) is 2.45. The number of ether oxygens (including phenoxy) is 4. The van der Waals surface area contributed by atoms with Crippen LogP contribution in [0.3, 0.4) is 0 Å². The summed E-state index contributed by atoms with van der Waals surface area (Å²) >= 11 is 0. The Morgan fingerprint density at radius 1 is 0.938 bits per heavy atom. The average Bonchev–Trinajstić information content (AvgIpc) is 2.76. The molecule has 0 radical (unpaired) electrons. The third-order valence-electron chi connectivity index (χ3n) is 4.09. The van der Waals surface area contributed by atoms with Gasteiger partial charge in [0.1, 0.15) is 19.0 Å². The Hall–Kier alpha value is -3.94. The van der Waals surface area contributed by atoms with Gasteiger partial charge in [-0.15, -0.1) is 0 Å². The van der Waals surface area contributed by atoms with E-state index in [-0.39, 0.29) is 36.6 Å². The first-order valence-corrected chi connectivity index (χ1v) is 9.53. The van der Waals surface area contributed by atoms with E-state index in [0.717, 1.165) is 0 Å². The Kier molecular flexibility index (Phi) is 8.71. The third kappa shape index (κ3) is 7.09. The van der Waals surface area contributed by atoms with Crippen LogP contribution in [-0.4, -0.2) is 37.7 Å². The van der Waals surface area contributed by atoms with Crippen LogP contribution in [0.4, 0.5) is 4.39 Å². The monoisotopic (exact) mass is 442 g/mol. The maximum atomic E-state index is 14.0. The summed E-state index contributed by atoms with van der Waals surface area (Å²) in [6, 6.07) is 10.9. The van der Waals surface area contributed by atoms with Crippen LogP contribution in [0.2, 0.25) is 0 Å². The summed E-state index contributed by atoms with van der Waals surface area (Å²) in [5, 5.41) is 0. The van der Waals surface area contributed by atoms with Gasteiger partial charge in [0.2, 0.25) is 0 Å². The maximum absolute atomic E-state index is 14.0. The summed E-state index contributed by atoms with van der Waals surface area (Å²) in [5.41, 5.74) is 1.70. The molecule has 2 aromatic carbocycles. The normalized spacial score (nSPS) is 10.2. The molecule has 0 heterocycles. The van der Waals surface area contributed by atoms with E-state index in [1.807, 2.05) is 0 Å². The summed E-state index contributed by atoms with van der Waals surface area (Å²) in [6.07, 6.45) is -0.773. The lowest BCUT2D eigenvalue weighted by atomic mass is 10.1. The lowest BCUT2D eigenvalue weighted by Crippen LogP contribution is -2.31. The molecular weight excluding hydrogens is 419 g/mol. The second-order valence-corrected chi connectivity index (χ2v) is 6.88. The largest absolute Gasteiger partial charge is 0.483 e. The summed E-state index contributed by atoms with van der Waals surface area (Å²) in [4.78, 5) is 33.7. The molecule has 168 valence electrons. The minimum atomic E-state index is -0.773. The lowest BCUT2D eigenvalue weighted by Gasteiger charge is -2.19. The predicted octanol–water partition coefficient (Wildman–Crippen LogP) is 4.01. The van der Waals surface area contributed by atoms with E-state index in [0.29, 0.717) is 16.9 Å². The fourth-order valence-electron chi connectivity index (χ4n) is 2.45. The smallest absolute Gasteiger partial charge is 0.333 e. The van der Waals surface area contributed by atoms with Crippen molar-refractivity contribution in [3.8, 4) is 22.6 Å². The first-order chi connectivity index (χ1) is 15.2. The minimum absolute atomic E-state index is 0.155. The van der Waals surface area contributed by atoms with Gasteiger partial charge < -0.3 is 18.9 Å². The van der Waals surface area contributed by atoms with Crippen LogP contribution >= 0.6 is 0 Å². The molecular formula is C24H23FO7. The molecule has 0 N–H and O–H groups in total. The molecule has 0 fully saturated rings. The molecule has 32 heavy (non-hydrogen) atoms. The molecule has 0 saturated carbocycles. The highest BCUT2D eigenvalue weighted by Gasteiger charge is 2.18. The van der Waals surface area contributed by atoms with Crippen LogP contribution in [0.15, 0.2) is 66.8 Å². The predicted molar refractivity (Wildman–Crippen MR) is 114 cm³/mol. The number of hydrogen-bond donors (Lipinski definition) is 0. The van der Waals surface area contributed by atoms with Gasteiger partial charge in [0.15, 0.2) is 17.7 Å². The van der Waals surface area contributed by atoms with Gasteiger partial charge in [0.05, 0.1) is 0 Å². The van der Waals surface area contributed by atoms with Crippen molar-refractivity contribution in [2.75, 3.05) is 13.2 Å². The van der Waals surface area contributed by atoms with Crippen LogP contribution in [0.25, 0.3) is 11.1 Å². The maximum Gasteiger partial charge on any atom is 0.333 e. The molecule has 0 bridgehead atoms. The summed E-state index contributed by atoms with van der Waals surface area (Å²) in [7, 11) is 0. The van der Waals surface area contributed by atoms with Crippen molar-refractivity contribution in [3.63, 3.8) is 0 Å². The number of rotatable bonds is 11. The van der Waals surface area contributed by atoms with Crippen LogP contribution < -0.4 is 9.47 Å². The highest BCUT2D eigenvalue weighted by atomic mass is 19.1. The number of halogens is 1. The average molecular weight is 442 g/mol. The van der Waals surface area contributed by atoms with Crippen molar-refractivity contribution < 1.29 is 37.7 Å². The van der Waals surface area contributed by atoms with Crippen molar-refractivity contribution in [2.45, 2.75) is 20.0 Å². The van der Waals surface area contributed by atoms with E-state index >= 15 is 0 Å². The lowest BCUT2D eigenvalue weighted by molar-refractivity contribution is -0.146. The summed E-state index contributed by atoms with van der Waals surface area (Å²) in [6.45, 7) is 9.87. The highest BCUT2D eigenvalue weighted by Crippen LogP contribution is 2.27. The second-order valence-electron chi connectivity index (χ2n) is 6.88. The van der Waals surface area contributed by atoms with Gasteiger partial charge in [-0.25, -0.2) is 14.0 Å². The van der Waals surface area contributed by atoms with Crippen molar-refractivity contribution in [1.29, 1.82) is 0 Å². The Morgan fingerprint density at radius 3 is 1.94 bits per heavy atom. The van der Waals surface area contributed by atoms with Gasteiger partial charge >= 0.3 is 11.9 Å². The van der Waals surface area contributed by atoms with Gasteiger partial charge in [-0.3, -0.25) is 4.79 Å². The minimum Gasteiger partial charge on any atom is -0.483 e. The van der Waals surface area contributed by atoms with Gasteiger partial charge in [-0.05, 0) is 49.2 Å². The highest BCUT2D eigenvalue weighted by molar-refractivity contribution is 5.87. The Balaban J connectivity index is 2.10. The number of carbonyl (C=O) groups excluding carboxylic acids is 3. The Morgan fingerprint density at radius 2 is 1.47 bits per heavy atom. The molecule has 0 atom stereocenters. The Labute approximate surface area is 185 Å². The fraction of sp³-hybridized carbons (Fsp3) is 0.208. The van der Waals surface area contributed by atoms with Crippen LogP contribution in [0.5, 0.6) is 11.5 Å². The van der Waals surface area contributed by atoms with Crippen LogP contribution in [0, 0.1) is 5.82 Å². The van der Waals surface area contributed by atoms with Crippen molar-refractivity contribution >= 4 is 18.4 Å². The molecule has 7 nitrogen and oxygen atoms in total. The van der Waals surface area contributed by atoms with E-state index in [1.165, 1.54) is 26.0 Å². The molecule has 0 amide bonds. The molecule has 0 aliphatic heterocycles. The quantitative estimate of drug-likeness (QED) is 0.295. The van der Waals surface area contributed by atoms with Gasteiger partial charge in [-0.2, -0.15) is 0 Å². The van der Waals surface area contributed by atoms with E-state index < -0.39 is 23.9 Å². The molecule has 8 heteroatoms. The van der Waals surface area contributed by atoms with Crippen molar-refractivity contribution in [1.82, 2.24) is 0 Å². The van der Waals surface area contributed by atoms with E-state index in [2.05, 4.69) is 17.9 Å². The van der Waals surface area contributed by atoms with Crippen molar-refractivity contribution in [2.24, 2.45) is 0 Å². The topological polar surface area (TPSA) is 88.1 Å². The molecule has 0 spiro atoms. The van der Waals surface area contributed by atoms with Gasteiger partial charge in [0, 0.05) is 11.1 Å². The summed E-state index contributed by atoms with van der Waals surface area (Å²) < 4.78 is 34.5. The zero-order valence-electron chi connectivity index (χ0n) is 17.8. The summed E-state index contributed by atoms with van der Waals surface area (Å²) in [5.74, 6) is -1.61. The van der Waals surface area contributed by atoms with E-state index in [9.17, 15) is 18.8 Å². The molecule has 0 unspecified atom stereocenters. The van der Waals surface area contributed by atoms with Crippen LogP contribution in [0.1, 0.15) is 13.8 Å². The third-order valence-corrected chi connectivity index (χ3v) is 4.09. The number of carbonyl (C=O) groups is 3. The first kappa shape index (κ1) is 24.3. The Bertz CT molecular complexity index is 982. The molecule has 2 rings (SSSR count). The SMILES string of the molecule is C=C(C)C(=O)OCC(COC(=O)C(=C)C)Oc1ccc(-c2ccc(OC=O)c(F)c2)cc1. The zero-order chi connectivity index (χ0) is 23.7. The molecule has 2 aromatic rings. The number of esters is 2. The van der Waals surface area contributed by atoms with Gasteiger partial charge in [-0.1, -0.05) is 31.4 Å². The molecule has 0 aliphatic rings. The number of benzene rings is 2. The number of hydrogen-bond acceptors (Lipinski definition) is 7. The molecule has 0 saturated heterocycles. The first-order valence-electron chi connectivity index (χ1n) is 9.53. The van der Waals surface area contributed by atoms with Crippen LogP contribution in [-0.2, 0) is 23.9 Å². The zero-order valence-corrected chi connectivity index (χ0v) is 17.8. The van der Waals surface area contributed by atoms with Crippen molar-refractivity contribution in [3.05, 3.63) is 72.6 Å². The van der Waals surface area contributed by atoms with E-state index in [1.54, 1.807) is 30.3 Å². The van der Waals surface area contributed by atoms with Gasteiger partial charge in [0.25, 0.3) is 6.47 Å². The standard InChI is InChI=1S/C24H23FO7/c1-15(2)23(27)29-12-20(13-30-24(28)16(3)4)32-19-8-5-17(6-9-19)18-7-10-22(31-14-26)21(25)11-18/h5-11,14,20H,1,3,12-13H2,2,4H3. The van der Waals surface area contributed by atoms with E-state index in [4.69, 9.17) is 14.2 Å². The molecule has 0 aliphatic carbocycles.